The van der Waals surface area contributed by atoms with Crippen molar-refractivity contribution in [1.29, 1.82) is 0 Å². The van der Waals surface area contributed by atoms with Gasteiger partial charge < -0.3 is 5.73 Å². The van der Waals surface area contributed by atoms with Gasteiger partial charge in [0.2, 0.25) is 5.13 Å². The molecule has 0 saturated carbocycles. The minimum absolute atomic E-state index is 0.00648. The monoisotopic (exact) mass is 329 g/mol. The van der Waals surface area contributed by atoms with Crippen LogP contribution in [-0.2, 0) is 6.18 Å². The smallest absolute Gasteiger partial charge is 0.382 e. The van der Waals surface area contributed by atoms with Crippen LogP contribution in [0, 0.1) is 10.1 Å². The molecule has 114 valence electrons. The topological polar surface area (TPSA) is 99.9 Å². The van der Waals surface area contributed by atoms with Crippen molar-refractivity contribution in [3.8, 4) is 5.13 Å². The molecule has 2 aromatic heterocycles. The Hall–Kier alpha value is -2.69. The van der Waals surface area contributed by atoms with Crippen molar-refractivity contribution in [3.05, 3.63) is 40.1 Å². The lowest BCUT2D eigenvalue weighted by atomic mass is 10.1. The Morgan fingerprint density at radius 1 is 1.36 bits per heavy atom. The molecule has 0 fully saturated rings. The maximum Gasteiger partial charge on any atom is 0.423 e. The number of nitrogen functional groups attached to an aromatic ring is 1. The van der Waals surface area contributed by atoms with E-state index in [1.807, 2.05) is 0 Å². The first-order valence-corrected chi connectivity index (χ1v) is 6.55. The second kappa shape index (κ2) is 4.66. The standard InChI is InChI=1S/C11H6F3N5O2S/c12-11(13,14)5-3-6-8(4-7(5)19(20)21)22-10(16-6)18-2-1-9(15)17-18/h1-4H,(H2,15,17). The second-order valence-corrected chi connectivity index (χ2v) is 5.28. The van der Waals surface area contributed by atoms with Gasteiger partial charge in [0.05, 0.1) is 15.1 Å². The number of nitrogens with zero attached hydrogens (tertiary/aromatic N) is 4. The van der Waals surface area contributed by atoms with Gasteiger partial charge in [0.1, 0.15) is 11.4 Å². The highest BCUT2D eigenvalue weighted by Crippen LogP contribution is 2.40. The number of alkyl halides is 3. The Morgan fingerprint density at radius 3 is 2.64 bits per heavy atom. The van der Waals surface area contributed by atoms with E-state index < -0.39 is 22.4 Å². The Labute approximate surface area is 123 Å². The highest BCUT2D eigenvalue weighted by atomic mass is 32.1. The van der Waals surface area contributed by atoms with Gasteiger partial charge in [-0.2, -0.15) is 13.2 Å². The molecule has 0 bridgehead atoms. The van der Waals surface area contributed by atoms with E-state index in [9.17, 15) is 23.3 Å². The molecule has 2 N–H and O–H groups in total. The Kier molecular flexibility index (Phi) is 3.02. The minimum Gasteiger partial charge on any atom is -0.382 e. The van der Waals surface area contributed by atoms with Crippen LogP contribution in [0.1, 0.15) is 5.56 Å². The van der Waals surface area contributed by atoms with Crippen LogP contribution >= 0.6 is 11.3 Å². The summed E-state index contributed by atoms with van der Waals surface area (Å²) >= 11 is 0.977. The summed E-state index contributed by atoms with van der Waals surface area (Å²) in [6, 6.07) is 3.03. The Balaban J connectivity index is 2.22. The molecule has 0 spiro atoms. The number of hydrogen-bond acceptors (Lipinski definition) is 6. The Bertz CT molecular complexity index is 886. The maximum atomic E-state index is 12.9. The average molecular weight is 329 g/mol. The number of benzene rings is 1. The highest BCUT2D eigenvalue weighted by Gasteiger charge is 2.39. The van der Waals surface area contributed by atoms with E-state index in [1.165, 1.54) is 16.9 Å². The number of aromatic nitrogens is 3. The van der Waals surface area contributed by atoms with E-state index in [1.54, 1.807) is 0 Å². The van der Waals surface area contributed by atoms with E-state index in [0.29, 0.717) is 6.07 Å². The number of nitrogens with two attached hydrogens (primary N) is 1. The fourth-order valence-corrected chi connectivity index (χ4v) is 2.79. The van der Waals surface area contributed by atoms with Gasteiger partial charge in [0.25, 0.3) is 5.69 Å². The summed E-state index contributed by atoms with van der Waals surface area (Å²) < 4.78 is 40.3. The van der Waals surface area contributed by atoms with Gasteiger partial charge in [0.15, 0.2) is 0 Å². The van der Waals surface area contributed by atoms with Gasteiger partial charge in [0, 0.05) is 18.3 Å². The lowest BCUT2D eigenvalue weighted by Gasteiger charge is -2.06. The number of anilines is 1. The molecule has 0 aliphatic rings. The highest BCUT2D eigenvalue weighted by molar-refractivity contribution is 7.20. The van der Waals surface area contributed by atoms with Gasteiger partial charge >= 0.3 is 6.18 Å². The summed E-state index contributed by atoms with van der Waals surface area (Å²) in [7, 11) is 0. The molecule has 0 unspecified atom stereocenters. The number of fused-ring (bicyclic) bond motifs is 1. The van der Waals surface area contributed by atoms with Crippen molar-refractivity contribution in [2.75, 3.05) is 5.73 Å². The lowest BCUT2D eigenvalue weighted by molar-refractivity contribution is -0.387. The maximum absolute atomic E-state index is 12.9. The van der Waals surface area contributed by atoms with Crippen molar-refractivity contribution >= 4 is 33.1 Å². The van der Waals surface area contributed by atoms with Crippen molar-refractivity contribution in [3.63, 3.8) is 0 Å². The van der Waals surface area contributed by atoms with Gasteiger partial charge in [-0.15, -0.1) is 5.10 Å². The third kappa shape index (κ3) is 2.35. The Morgan fingerprint density at radius 2 is 2.09 bits per heavy atom. The lowest BCUT2D eigenvalue weighted by Crippen LogP contribution is -2.08. The minimum atomic E-state index is -4.84. The third-order valence-corrected chi connectivity index (χ3v) is 3.81. The summed E-state index contributed by atoms with van der Waals surface area (Å²) in [6.07, 6.45) is -3.34. The molecule has 0 aliphatic carbocycles. The number of hydrogen-bond donors (Lipinski definition) is 1. The third-order valence-electron chi connectivity index (χ3n) is 2.80. The fourth-order valence-electron chi connectivity index (χ4n) is 1.87. The van der Waals surface area contributed by atoms with E-state index in [-0.39, 0.29) is 21.2 Å². The van der Waals surface area contributed by atoms with Gasteiger partial charge in [-0.1, -0.05) is 11.3 Å². The first kappa shape index (κ1) is 14.3. The molecule has 11 heteroatoms. The molecule has 1 aromatic carbocycles. The molecule has 3 aromatic rings. The molecular formula is C11H6F3N5O2S. The second-order valence-electron chi connectivity index (χ2n) is 4.27. The van der Waals surface area contributed by atoms with E-state index in [0.717, 1.165) is 17.4 Å². The van der Waals surface area contributed by atoms with Crippen LogP contribution in [0.15, 0.2) is 24.4 Å². The predicted octanol–water partition coefficient (Wildman–Crippen LogP) is 2.99. The fraction of sp³-hybridized carbons (Fsp3) is 0.0909. The zero-order valence-corrected chi connectivity index (χ0v) is 11.4. The van der Waals surface area contributed by atoms with E-state index >= 15 is 0 Å². The first-order valence-electron chi connectivity index (χ1n) is 5.73. The summed E-state index contributed by atoms with van der Waals surface area (Å²) in [6.45, 7) is 0. The van der Waals surface area contributed by atoms with E-state index in [2.05, 4.69) is 10.1 Å². The molecular weight excluding hydrogens is 323 g/mol. The van der Waals surface area contributed by atoms with Crippen molar-refractivity contribution in [2.24, 2.45) is 0 Å². The number of halogens is 3. The number of thiazole rings is 1. The van der Waals surface area contributed by atoms with Crippen LogP contribution < -0.4 is 5.73 Å². The van der Waals surface area contributed by atoms with Gasteiger partial charge in [-0.05, 0) is 6.07 Å². The molecule has 0 saturated heterocycles. The van der Waals surface area contributed by atoms with Crippen LogP contribution in [0.2, 0.25) is 0 Å². The van der Waals surface area contributed by atoms with Gasteiger partial charge in [-0.25, -0.2) is 9.67 Å². The van der Waals surface area contributed by atoms with Crippen LogP contribution in [0.4, 0.5) is 24.7 Å². The average Bonchev–Trinajstić information content (AvgIpc) is 3.01. The zero-order chi connectivity index (χ0) is 16.1. The molecule has 0 aliphatic heterocycles. The van der Waals surface area contributed by atoms with Crippen LogP contribution in [0.25, 0.3) is 15.3 Å². The normalized spacial score (nSPS) is 12.0. The molecule has 0 atom stereocenters. The predicted molar refractivity (Wildman–Crippen MR) is 72.8 cm³/mol. The van der Waals surface area contributed by atoms with Crippen molar-refractivity contribution < 1.29 is 18.1 Å². The van der Waals surface area contributed by atoms with Crippen molar-refractivity contribution in [1.82, 2.24) is 14.8 Å². The van der Waals surface area contributed by atoms with Crippen LogP contribution in [0.5, 0.6) is 0 Å². The summed E-state index contributed by atoms with van der Waals surface area (Å²) in [5.74, 6) is 0.223. The largest absolute Gasteiger partial charge is 0.423 e. The van der Waals surface area contributed by atoms with Gasteiger partial charge in [-0.3, -0.25) is 10.1 Å². The summed E-state index contributed by atoms with van der Waals surface area (Å²) in [5, 5.41) is 15.0. The molecule has 22 heavy (non-hydrogen) atoms. The van der Waals surface area contributed by atoms with Crippen LogP contribution in [-0.4, -0.2) is 19.7 Å². The molecule has 3 rings (SSSR count). The molecule has 0 amide bonds. The quantitative estimate of drug-likeness (QED) is 0.575. The zero-order valence-electron chi connectivity index (χ0n) is 10.5. The molecule has 0 radical (unpaired) electrons. The van der Waals surface area contributed by atoms with Crippen LogP contribution in [0.3, 0.4) is 0 Å². The number of nitro benzene ring substituents is 1. The molecule has 2 heterocycles. The SMILES string of the molecule is Nc1ccn(-c2nc3cc(C(F)(F)F)c([N+](=O)[O-])cc3s2)n1. The summed E-state index contributed by atoms with van der Waals surface area (Å²) in [4.78, 5) is 13.8. The summed E-state index contributed by atoms with van der Waals surface area (Å²) in [5.41, 5.74) is 3.13. The molecule has 7 nitrogen and oxygen atoms in total. The number of rotatable bonds is 2. The first-order chi connectivity index (χ1) is 10.3. The van der Waals surface area contributed by atoms with Crippen molar-refractivity contribution in [2.45, 2.75) is 6.18 Å². The van der Waals surface area contributed by atoms with E-state index in [4.69, 9.17) is 5.73 Å². The number of nitro groups is 1.